The van der Waals surface area contributed by atoms with Crippen LogP contribution in [0, 0.1) is 0 Å². The van der Waals surface area contributed by atoms with Crippen LogP contribution in [0.1, 0.15) is 13.3 Å². The first-order valence-electron chi connectivity index (χ1n) is 4.73. The fourth-order valence-electron chi connectivity index (χ4n) is 1.23. The molecule has 0 amide bonds. The van der Waals surface area contributed by atoms with Gasteiger partial charge in [0.25, 0.3) is 0 Å². The zero-order valence-electron chi connectivity index (χ0n) is 8.59. The fourth-order valence-corrected chi connectivity index (χ4v) is 1.63. The van der Waals surface area contributed by atoms with Crippen molar-refractivity contribution in [1.29, 1.82) is 0 Å². The van der Waals surface area contributed by atoms with Crippen LogP contribution >= 0.6 is 15.9 Å². The second-order valence-corrected chi connectivity index (χ2v) is 4.25. The maximum absolute atomic E-state index is 5.02. The van der Waals surface area contributed by atoms with E-state index in [1.165, 1.54) is 0 Å². The standard InChI is InChI=1S/C11H16BrNO/c1-9(6-7-14-2)13-11-5-3-4-10(12)8-11/h3-5,8-9,13H,6-7H2,1-2H3. The first kappa shape index (κ1) is 11.5. The Morgan fingerprint density at radius 3 is 2.93 bits per heavy atom. The summed E-state index contributed by atoms with van der Waals surface area (Å²) in [6.07, 6.45) is 1.02. The molecule has 78 valence electrons. The Morgan fingerprint density at radius 2 is 2.29 bits per heavy atom. The maximum Gasteiger partial charge on any atom is 0.0481 e. The van der Waals surface area contributed by atoms with Gasteiger partial charge in [0.2, 0.25) is 0 Å². The van der Waals surface area contributed by atoms with Crippen LogP contribution in [0.15, 0.2) is 28.7 Å². The molecular formula is C11H16BrNO. The predicted octanol–water partition coefficient (Wildman–Crippen LogP) is 3.29. The number of methoxy groups -OCH3 is 1. The van der Waals surface area contributed by atoms with Gasteiger partial charge in [-0.2, -0.15) is 0 Å². The van der Waals surface area contributed by atoms with Gasteiger partial charge in [0.05, 0.1) is 0 Å². The van der Waals surface area contributed by atoms with Crippen molar-refractivity contribution in [3.8, 4) is 0 Å². The van der Waals surface area contributed by atoms with Gasteiger partial charge in [-0.1, -0.05) is 22.0 Å². The molecule has 1 aromatic carbocycles. The summed E-state index contributed by atoms with van der Waals surface area (Å²) in [6, 6.07) is 8.61. The van der Waals surface area contributed by atoms with Crippen molar-refractivity contribution >= 4 is 21.6 Å². The highest BCUT2D eigenvalue weighted by Gasteiger charge is 2.01. The summed E-state index contributed by atoms with van der Waals surface area (Å²) in [4.78, 5) is 0. The van der Waals surface area contributed by atoms with Crippen LogP contribution in [0.3, 0.4) is 0 Å². The first-order valence-corrected chi connectivity index (χ1v) is 5.52. The topological polar surface area (TPSA) is 21.3 Å². The number of ether oxygens (including phenoxy) is 1. The molecule has 0 aliphatic heterocycles. The van der Waals surface area contributed by atoms with Crippen LogP contribution in [-0.2, 0) is 4.74 Å². The van der Waals surface area contributed by atoms with Crippen LogP contribution in [0.25, 0.3) is 0 Å². The molecule has 14 heavy (non-hydrogen) atoms. The van der Waals surface area contributed by atoms with E-state index in [0.717, 1.165) is 23.2 Å². The van der Waals surface area contributed by atoms with E-state index >= 15 is 0 Å². The summed E-state index contributed by atoms with van der Waals surface area (Å²) in [5.41, 5.74) is 1.14. The smallest absolute Gasteiger partial charge is 0.0481 e. The van der Waals surface area contributed by atoms with Crippen molar-refractivity contribution in [3.63, 3.8) is 0 Å². The van der Waals surface area contributed by atoms with Crippen LogP contribution in [-0.4, -0.2) is 19.8 Å². The van der Waals surface area contributed by atoms with E-state index in [2.05, 4.69) is 40.3 Å². The Hall–Kier alpha value is -0.540. The van der Waals surface area contributed by atoms with Crippen LogP contribution in [0.2, 0.25) is 0 Å². The van der Waals surface area contributed by atoms with E-state index in [4.69, 9.17) is 4.74 Å². The van der Waals surface area contributed by atoms with Crippen LogP contribution in [0.4, 0.5) is 5.69 Å². The van der Waals surface area contributed by atoms with E-state index in [1.54, 1.807) is 7.11 Å². The van der Waals surface area contributed by atoms with Crippen molar-refractivity contribution in [2.45, 2.75) is 19.4 Å². The molecule has 1 aromatic rings. The van der Waals surface area contributed by atoms with E-state index < -0.39 is 0 Å². The van der Waals surface area contributed by atoms with Crippen molar-refractivity contribution in [3.05, 3.63) is 28.7 Å². The number of benzene rings is 1. The monoisotopic (exact) mass is 257 g/mol. The number of nitrogens with one attached hydrogen (secondary N) is 1. The molecule has 1 N–H and O–H groups in total. The third-order valence-electron chi connectivity index (χ3n) is 1.99. The number of hydrogen-bond donors (Lipinski definition) is 1. The number of rotatable bonds is 5. The Kier molecular flexibility index (Phi) is 4.98. The molecule has 0 saturated carbocycles. The van der Waals surface area contributed by atoms with Crippen molar-refractivity contribution < 1.29 is 4.74 Å². The van der Waals surface area contributed by atoms with Crippen molar-refractivity contribution in [2.75, 3.05) is 19.0 Å². The lowest BCUT2D eigenvalue weighted by molar-refractivity contribution is 0.191. The molecule has 1 atom stereocenters. The number of halogens is 1. The average Bonchev–Trinajstić information content (AvgIpc) is 2.15. The molecule has 0 saturated heterocycles. The second kappa shape index (κ2) is 6.04. The summed E-state index contributed by atoms with van der Waals surface area (Å²) in [7, 11) is 1.73. The Bertz CT molecular complexity index is 278. The van der Waals surface area contributed by atoms with Gasteiger partial charge in [0.1, 0.15) is 0 Å². The molecule has 1 rings (SSSR count). The lowest BCUT2D eigenvalue weighted by Gasteiger charge is -2.14. The van der Waals surface area contributed by atoms with E-state index in [-0.39, 0.29) is 0 Å². The minimum Gasteiger partial charge on any atom is -0.385 e. The second-order valence-electron chi connectivity index (χ2n) is 3.34. The highest BCUT2D eigenvalue weighted by atomic mass is 79.9. The van der Waals surface area contributed by atoms with Gasteiger partial charge in [-0.3, -0.25) is 0 Å². The number of anilines is 1. The maximum atomic E-state index is 5.02. The average molecular weight is 258 g/mol. The summed E-state index contributed by atoms with van der Waals surface area (Å²) in [6.45, 7) is 2.95. The zero-order chi connectivity index (χ0) is 10.4. The molecule has 0 spiro atoms. The van der Waals surface area contributed by atoms with Crippen LogP contribution < -0.4 is 5.32 Å². The summed E-state index contributed by atoms with van der Waals surface area (Å²) in [5, 5.41) is 3.41. The third-order valence-corrected chi connectivity index (χ3v) is 2.49. The van der Waals surface area contributed by atoms with E-state index in [0.29, 0.717) is 6.04 Å². The summed E-state index contributed by atoms with van der Waals surface area (Å²) >= 11 is 3.44. The van der Waals surface area contributed by atoms with Gasteiger partial charge in [-0.15, -0.1) is 0 Å². The molecule has 1 unspecified atom stereocenters. The normalized spacial score (nSPS) is 12.5. The quantitative estimate of drug-likeness (QED) is 0.875. The summed E-state index contributed by atoms with van der Waals surface area (Å²) in [5.74, 6) is 0. The lowest BCUT2D eigenvalue weighted by Crippen LogP contribution is -2.16. The van der Waals surface area contributed by atoms with E-state index in [9.17, 15) is 0 Å². The minimum absolute atomic E-state index is 0.434. The third kappa shape index (κ3) is 4.11. The Balaban J connectivity index is 2.43. The molecule has 0 aliphatic rings. The molecular weight excluding hydrogens is 242 g/mol. The van der Waals surface area contributed by atoms with E-state index in [1.807, 2.05) is 12.1 Å². The molecule has 0 radical (unpaired) electrons. The van der Waals surface area contributed by atoms with Crippen LogP contribution in [0.5, 0.6) is 0 Å². The number of hydrogen-bond acceptors (Lipinski definition) is 2. The van der Waals surface area contributed by atoms with Gasteiger partial charge in [0.15, 0.2) is 0 Å². The molecule has 0 heterocycles. The molecule has 0 aromatic heterocycles. The molecule has 0 bridgehead atoms. The largest absolute Gasteiger partial charge is 0.385 e. The molecule has 2 nitrogen and oxygen atoms in total. The highest BCUT2D eigenvalue weighted by molar-refractivity contribution is 9.10. The van der Waals surface area contributed by atoms with Gasteiger partial charge in [-0.25, -0.2) is 0 Å². The zero-order valence-corrected chi connectivity index (χ0v) is 10.2. The van der Waals surface area contributed by atoms with Gasteiger partial charge < -0.3 is 10.1 Å². The molecule has 0 fully saturated rings. The van der Waals surface area contributed by atoms with Crippen molar-refractivity contribution in [1.82, 2.24) is 0 Å². The predicted molar refractivity (Wildman–Crippen MR) is 63.7 cm³/mol. The summed E-state index contributed by atoms with van der Waals surface area (Å²) < 4.78 is 6.12. The molecule has 0 aliphatic carbocycles. The van der Waals surface area contributed by atoms with Crippen molar-refractivity contribution in [2.24, 2.45) is 0 Å². The SMILES string of the molecule is COCCC(C)Nc1cccc(Br)c1. The Labute approximate surface area is 93.8 Å². The Morgan fingerprint density at radius 1 is 1.50 bits per heavy atom. The fraction of sp³-hybridized carbons (Fsp3) is 0.455. The first-order chi connectivity index (χ1) is 6.72. The minimum atomic E-state index is 0.434. The van der Waals surface area contributed by atoms with Gasteiger partial charge in [0, 0.05) is 29.9 Å². The van der Waals surface area contributed by atoms with Gasteiger partial charge >= 0.3 is 0 Å². The molecule has 3 heteroatoms. The highest BCUT2D eigenvalue weighted by Crippen LogP contribution is 2.16. The van der Waals surface area contributed by atoms with Gasteiger partial charge in [-0.05, 0) is 31.5 Å². The lowest BCUT2D eigenvalue weighted by atomic mass is 10.2.